The highest BCUT2D eigenvalue weighted by Crippen LogP contribution is 2.37. The maximum atomic E-state index is 14.5. The second-order valence-corrected chi connectivity index (χ2v) is 8.42. The summed E-state index contributed by atoms with van der Waals surface area (Å²) in [6.07, 6.45) is -0.214. The van der Waals surface area contributed by atoms with Gasteiger partial charge in [-0.1, -0.05) is 59.6 Å². The first-order valence-electron chi connectivity index (χ1n) is 9.84. The molecule has 1 atom stereocenters. The summed E-state index contributed by atoms with van der Waals surface area (Å²) in [6, 6.07) is 17.4. The zero-order valence-electron chi connectivity index (χ0n) is 16.6. The van der Waals surface area contributed by atoms with Gasteiger partial charge in [0.2, 0.25) is 0 Å². The van der Waals surface area contributed by atoms with E-state index in [1.54, 1.807) is 18.2 Å². The van der Waals surface area contributed by atoms with Crippen LogP contribution in [0.1, 0.15) is 28.4 Å². The van der Waals surface area contributed by atoms with Gasteiger partial charge in [0.25, 0.3) is 0 Å². The minimum atomic E-state index is -0.379. The predicted molar refractivity (Wildman–Crippen MR) is 118 cm³/mol. The molecule has 3 aromatic carbocycles. The summed E-state index contributed by atoms with van der Waals surface area (Å²) in [6.45, 7) is 4.64. The SMILES string of the molecule is Cc1ccccc1CN1CCN(Cc2c(F)cccc2Cl)[C@@H]1c1ccc(F)cc1Cl. The monoisotopic (exact) mass is 446 g/mol. The van der Waals surface area contributed by atoms with E-state index in [1.165, 1.54) is 29.3 Å². The van der Waals surface area contributed by atoms with Crippen LogP contribution in [0, 0.1) is 18.6 Å². The molecule has 1 aliphatic heterocycles. The average molecular weight is 447 g/mol. The summed E-state index contributed by atoms with van der Waals surface area (Å²) in [4.78, 5) is 4.43. The van der Waals surface area contributed by atoms with E-state index >= 15 is 0 Å². The topological polar surface area (TPSA) is 6.48 Å². The fourth-order valence-electron chi connectivity index (χ4n) is 4.06. The van der Waals surface area contributed by atoms with Crippen molar-refractivity contribution < 1.29 is 8.78 Å². The second kappa shape index (κ2) is 9.03. The lowest BCUT2D eigenvalue weighted by Crippen LogP contribution is -2.31. The van der Waals surface area contributed by atoms with Crippen molar-refractivity contribution in [3.8, 4) is 0 Å². The van der Waals surface area contributed by atoms with Crippen LogP contribution in [-0.4, -0.2) is 22.9 Å². The lowest BCUT2D eigenvalue weighted by atomic mass is 10.1. The van der Waals surface area contributed by atoms with Crippen LogP contribution in [-0.2, 0) is 13.1 Å². The largest absolute Gasteiger partial charge is 0.278 e. The number of hydrogen-bond donors (Lipinski definition) is 0. The molecular formula is C24H22Cl2F2N2. The standard InChI is InChI=1S/C24H22Cl2F2N2/c1-16-5-2-3-6-17(16)14-29-11-12-30(15-20-21(25)7-4-8-23(20)28)24(29)19-10-9-18(27)13-22(19)26/h2-10,13,24H,11-12,14-15H2,1H3/t24-/m1/s1. The van der Waals surface area contributed by atoms with Crippen molar-refractivity contribution in [3.05, 3.63) is 105 Å². The van der Waals surface area contributed by atoms with Gasteiger partial charge in [-0.05, 0) is 42.3 Å². The fraction of sp³-hybridized carbons (Fsp3) is 0.250. The quantitative estimate of drug-likeness (QED) is 0.435. The van der Waals surface area contributed by atoms with E-state index < -0.39 is 0 Å². The first-order chi connectivity index (χ1) is 14.4. The minimum absolute atomic E-state index is 0.214. The number of hydrogen-bond acceptors (Lipinski definition) is 2. The molecule has 0 N–H and O–H groups in total. The molecule has 0 spiro atoms. The summed E-state index contributed by atoms with van der Waals surface area (Å²) < 4.78 is 28.2. The molecule has 1 aliphatic rings. The van der Waals surface area contributed by atoms with Gasteiger partial charge in [-0.15, -0.1) is 0 Å². The third-order valence-corrected chi connectivity index (χ3v) is 6.35. The van der Waals surface area contributed by atoms with Crippen LogP contribution in [0.2, 0.25) is 10.0 Å². The highest BCUT2D eigenvalue weighted by molar-refractivity contribution is 6.31. The predicted octanol–water partition coefficient (Wildman–Crippen LogP) is 6.60. The molecule has 1 saturated heterocycles. The Balaban J connectivity index is 1.70. The van der Waals surface area contributed by atoms with Crippen molar-refractivity contribution in [2.24, 2.45) is 0 Å². The van der Waals surface area contributed by atoms with Crippen molar-refractivity contribution in [1.82, 2.24) is 9.80 Å². The number of nitrogens with zero attached hydrogens (tertiary/aromatic N) is 2. The Kier molecular flexibility index (Phi) is 6.40. The molecule has 3 aromatic rings. The van der Waals surface area contributed by atoms with Gasteiger partial charge >= 0.3 is 0 Å². The zero-order valence-corrected chi connectivity index (χ0v) is 18.1. The first kappa shape index (κ1) is 21.3. The van der Waals surface area contributed by atoms with Crippen molar-refractivity contribution in [3.63, 3.8) is 0 Å². The Labute approximate surface area is 185 Å². The summed E-state index contributed by atoms with van der Waals surface area (Å²) in [7, 11) is 0. The Morgan fingerprint density at radius 1 is 0.867 bits per heavy atom. The van der Waals surface area contributed by atoms with Gasteiger partial charge in [0, 0.05) is 47.4 Å². The van der Waals surface area contributed by atoms with Crippen LogP contribution < -0.4 is 0 Å². The van der Waals surface area contributed by atoms with Gasteiger partial charge in [-0.3, -0.25) is 9.80 Å². The number of rotatable bonds is 5. The normalized spacial score (nSPS) is 17.6. The lowest BCUT2D eigenvalue weighted by Gasteiger charge is -2.32. The van der Waals surface area contributed by atoms with Crippen LogP contribution in [0.4, 0.5) is 8.78 Å². The molecule has 6 heteroatoms. The van der Waals surface area contributed by atoms with Gasteiger partial charge in [-0.2, -0.15) is 0 Å². The highest BCUT2D eigenvalue weighted by atomic mass is 35.5. The van der Waals surface area contributed by atoms with Crippen LogP contribution in [0.15, 0.2) is 60.7 Å². The molecule has 0 aromatic heterocycles. The maximum absolute atomic E-state index is 14.5. The third kappa shape index (κ3) is 4.37. The van der Waals surface area contributed by atoms with E-state index in [4.69, 9.17) is 23.2 Å². The fourth-order valence-corrected chi connectivity index (χ4v) is 4.55. The Morgan fingerprint density at radius 3 is 2.30 bits per heavy atom. The Hall–Kier alpha value is -1.98. The molecule has 0 bridgehead atoms. The van der Waals surface area contributed by atoms with E-state index in [0.29, 0.717) is 28.7 Å². The average Bonchev–Trinajstić information content (AvgIpc) is 3.09. The van der Waals surface area contributed by atoms with E-state index in [0.717, 1.165) is 18.7 Å². The molecule has 1 heterocycles. The molecule has 0 amide bonds. The summed E-state index contributed by atoms with van der Waals surface area (Å²) in [5.41, 5.74) is 3.68. The van der Waals surface area contributed by atoms with Gasteiger partial charge in [0.15, 0.2) is 0 Å². The third-order valence-electron chi connectivity index (χ3n) is 5.66. The molecule has 30 heavy (non-hydrogen) atoms. The van der Waals surface area contributed by atoms with E-state index in [2.05, 4.69) is 28.9 Å². The van der Waals surface area contributed by atoms with E-state index in [1.807, 2.05) is 12.1 Å². The van der Waals surface area contributed by atoms with Crippen LogP contribution >= 0.6 is 23.2 Å². The number of aryl methyl sites for hydroxylation is 1. The van der Waals surface area contributed by atoms with Crippen molar-refractivity contribution >= 4 is 23.2 Å². The van der Waals surface area contributed by atoms with Crippen LogP contribution in [0.25, 0.3) is 0 Å². The molecule has 0 aliphatic carbocycles. The van der Waals surface area contributed by atoms with Crippen molar-refractivity contribution in [1.29, 1.82) is 0 Å². The number of benzene rings is 3. The molecule has 0 unspecified atom stereocenters. The Bertz CT molecular complexity index is 1040. The van der Waals surface area contributed by atoms with Gasteiger partial charge in [-0.25, -0.2) is 8.78 Å². The molecule has 1 fully saturated rings. The molecule has 0 saturated carbocycles. The number of halogens is 4. The molecule has 2 nitrogen and oxygen atoms in total. The van der Waals surface area contributed by atoms with Gasteiger partial charge in [0.1, 0.15) is 11.6 Å². The smallest absolute Gasteiger partial charge is 0.129 e. The van der Waals surface area contributed by atoms with Gasteiger partial charge < -0.3 is 0 Å². The van der Waals surface area contributed by atoms with Gasteiger partial charge in [0.05, 0.1) is 6.17 Å². The molecule has 4 rings (SSSR count). The first-order valence-corrected chi connectivity index (χ1v) is 10.6. The summed E-state index contributed by atoms with van der Waals surface area (Å²) in [5, 5.41) is 0.762. The van der Waals surface area contributed by atoms with Crippen LogP contribution in [0.5, 0.6) is 0 Å². The summed E-state index contributed by atoms with van der Waals surface area (Å²) in [5.74, 6) is -0.709. The zero-order chi connectivity index (χ0) is 21.3. The maximum Gasteiger partial charge on any atom is 0.129 e. The van der Waals surface area contributed by atoms with Crippen LogP contribution in [0.3, 0.4) is 0 Å². The highest BCUT2D eigenvalue weighted by Gasteiger charge is 2.35. The summed E-state index contributed by atoms with van der Waals surface area (Å²) >= 11 is 12.7. The minimum Gasteiger partial charge on any atom is -0.278 e. The second-order valence-electron chi connectivity index (χ2n) is 7.61. The Morgan fingerprint density at radius 2 is 1.60 bits per heavy atom. The van der Waals surface area contributed by atoms with E-state index in [9.17, 15) is 8.78 Å². The van der Waals surface area contributed by atoms with E-state index in [-0.39, 0.29) is 17.8 Å². The lowest BCUT2D eigenvalue weighted by molar-refractivity contribution is 0.124. The van der Waals surface area contributed by atoms with Crippen molar-refractivity contribution in [2.75, 3.05) is 13.1 Å². The van der Waals surface area contributed by atoms with Crippen molar-refractivity contribution in [2.45, 2.75) is 26.2 Å². The molecular weight excluding hydrogens is 425 g/mol. The molecule has 156 valence electrons. The molecule has 0 radical (unpaired) electrons.